The van der Waals surface area contributed by atoms with Gasteiger partial charge < -0.3 is 5.11 Å². The van der Waals surface area contributed by atoms with E-state index in [2.05, 4.69) is 11.8 Å². The number of nitrogens with zero attached hydrogens (tertiary/aromatic N) is 1. The fourth-order valence-corrected chi connectivity index (χ4v) is 3.72. The Balaban J connectivity index is 3.27. The number of hydrogen-bond acceptors (Lipinski definition) is 3. The number of hydrogen-bond donors (Lipinski definition) is 1. The van der Waals surface area contributed by atoms with E-state index < -0.39 is 15.6 Å². The Morgan fingerprint density at radius 2 is 2.00 bits per heavy atom. The van der Waals surface area contributed by atoms with Crippen molar-refractivity contribution in [2.24, 2.45) is 0 Å². The van der Waals surface area contributed by atoms with E-state index in [1.807, 2.05) is 20.8 Å². The van der Waals surface area contributed by atoms with Crippen molar-refractivity contribution in [1.82, 2.24) is 4.31 Å². The molecule has 0 fully saturated rings. The van der Waals surface area contributed by atoms with Gasteiger partial charge in [0.25, 0.3) is 0 Å². The average molecular weight is 330 g/mol. The van der Waals surface area contributed by atoms with Crippen LogP contribution in [0.2, 0.25) is 5.02 Å². The summed E-state index contributed by atoms with van der Waals surface area (Å²) >= 11 is 6.09. The number of halogens is 1. The lowest BCUT2D eigenvalue weighted by Gasteiger charge is -2.33. The largest absolute Gasteiger partial charge is 0.384 e. The van der Waals surface area contributed by atoms with Gasteiger partial charge in [0, 0.05) is 18.2 Å². The summed E-state index contributed by atoms with van der Waals surface area (Å²) < 4.78 is 26.6. The van der Waals surface area contributed by atoms with Crippen molar-refractivity contribution < 1.29 is 13.5 Å². The molecule has 0 aliphatic heterocycles. The number of aliphatic hydroxyl groups excluding tert-OH is 1. The molecule has 0 amide bonds. The topological polar surface area (TPSA) is 57.6 Å². The van der Waals surface area contributed by atoms with Crippen molar-refractivity contribution in [2.75, 3.05) is 13.7 Å². The molecular formula is C15H20ClNO3S. The van der Waals surface area contributed by atoms with Gasteiger partial charge in [-0.25, -0.2) is 8.42 Å². The minimum absolute atomic E-state index is 0.0581. The summed E-state index contributed by atoms with van der Waals surface area (Å²) in [6.45, 7) is 5.39. The predicted molar refractivity (Wildman–Crippen MR) is 84.7 cm³/mol. The van der Waals surface area contributed by atoms with E-state index in [1.54, 1.807) is 13.1 Å². The molecule has 0 heterocycles. The molecule has 0 spiro atoms. The van der Waals surface area contributed by atoms with Gasteiger partial charge in [-0.2, -0.15) is 4.31 Å². The monoisotopic (exact) mass is 329 g/mol. The summed E-state index contributed by atoms with van der Waals surface area (Å²) in [5, 5.41) is 8.78. The molecule has 0 aromatic heterocycles. The fraction of sp³-hybridized carbons (Fsp3) is 0.467. The molecule has 1 N–H and O–H groups in total. The van der Waals surface area contributed by atoms with Gasteiger partial charge in [-0.1, -0.05) is 30.4 Å². The average Bonchev–Trinajstić information content (AvgIpc) is 2.43. The Kier molecular flexibility index (Phi) is 5.83. The van der Waals surface area contributed by atoms with Crippen LogP contribution in [0, 0.1) is 11.8 Å². The molecule has 1 rings (SSSR count). The van der Waals surface area contributed by atoms with Crippen LogP contribution in [0.25, 0.3) is 0 Å². The number of benzene rings is 1. The second-order valence-electron chi connectivity index (χ2n) is 5.24. The molecule has 0 saturated heterocycles. The van der Waals surface area contributed by atoms with Crippen LogP contribution < -0.4 is 0 Å². The molecule has 0 radical (unpaired) electrons. The Hall–Kier alpha value is -1.06. The van der Waals surface area contributed by atoms with Crippen LogP contribution in [0.15, 0.2) is 23.1 Å². The molecule has 116 valence electrons. The van der Waals surface area contributed by atoms with Crippen molar-refractivity contribution in [1.29, 1.82) is 0 Å². The summed E-state index contributed by atoms with van der Waals surface area (Å²) in [6, 6.07) is 4.51. The van der Waals surface area contributed by atoms with Gasteiger partial charge in [0.2, 0.25) is 10.0 Å². The molecule has 0 unspecified atom stereocenters. The van der Waals surface area contributed by atoms with Crippen LogP contribution in [0.5, 0.6) is 0 Å². The lowest BCUT2D eigenvalue weighted by Crippen LogP contribution is -2.44. The van der Waals surface area contributed by atoms with E-state index in [1.165, 1.54) is 16.4 Å². The van der Waals surface area contributed by atoms with Crippen molar-refractivity contribution in [2.45, 2.75) is 37.6 Å². The van der Waals surface area contributed by atoms with Crippen molar-refractivity contribution in [3.8, 4) is 11.8 Å². The van der Waals surface area contributed by atoms with E-state index in [0.29, 0.717) is 12.0 Å². The van der Waals surface area contributed by atoms with Crippen molar-refractivity contribution >= 4 is 21.6 Å². The molecule has 0 aliphatic carbocycles. The van der Waals surface area contributed by atoms with Gasteiger partial charge in [-0.05, 0) is 38.5 Å². The molecule has 0 atom stereocenters. The number of rotatable bonds is 4. The molecule has 1 aromatic rings. The van der Waals surface area contributed by atoms with E-state index in [-0.39, 0.29) is 16.5 Å². The maximum absolute atomic E-state index is 12.6. The van der Waals surface area contributed by atoms with Crippen LogP contribution in [-0.2, 0) is 10.0 Å². The molecular weight excluding hydrogens is 310 g/mol. The maximum atomic E-state index is 12.6. The molecule has 0 aliphatic rings. The first kappa shape index (κ1) is 18.0. The lowest BCUT2D eigenvalue weighted by molar-refractivity contribution is 0.257. The van der Waals surface area contributed by atoms with Crippen molar-refractivity contribution in [3.05, 3.63) is 28.8 Å². The summed E-state index contributed by atoms with van der Waals surface area (Å²) in [7, 11) is -2.12. The maximum Gasteiger partial charge on any atom is 0.244 e. The molecule has 6 heteroatoms. The highest BCUT2D eigenvalue weighted by molar-refractivity contribution is 7.89. The Bertz CT molecular complexity index is 672. The van der Waals surface area contributed by atoms with Gasteiger partial charge >= 0.3 is 0 Å². The first-order valence-electron chi connectivity index (χ1n) is 6.55. The number of sulfonamides is 1. The summed E-state index contributed by atoms with van der Waals surface area (Å²) in [5.74, 6) is 5.18. The zero-order valence-electron chi connectivity index (χ0n) is 12.6. The SMILES string of the molecule is CCC(C)(C)N(C)S(=O)(=O)c1ccc(C#CCO)cc1Cl. The lowest BCUT2D eigenvalue weighted by atomic mass is 10.0. The molecule has 1 aromatic carbocycles. The predicted octanol–water partition coefficient (Wildman–Crippen LogP) is 2.49. The second-order valence-corrected chi connectivity index (χ2v) is 7.59. The van der Waals surface area contributed by atoms with E-state index in [0.717, 1.165) is 0 Å². The zero-order valence-corrected chi connectivity index (χ0v) is 14.2. The van der Waals surface area contributed by atoms with Crippen LogP contribution in [0.1, 0.15) is 32.8 Å². The van der Waals surface area contributed by atoms with Crippen LogP contribution in [0.4, 0.5) is 0 Å². The minimum atomic E-state index is -3.67. The minimum Gasteiger partial charge on any atom is -0.384 e. The standard InChI is InChI=1S/C15H20ClNO3S/c1-5-15(2,3)17(4)21(19,20)14-9-8-12(7-6-10-18)11-13(14)16/h8-9,11,18H,5,10H2,1-4H3. The summed E-state index contributed by atoms with van der Waals surface area (Å²) in [6.07, 6.45) is 0.681. The highest BCUT2D eigenvalue weighted by atomic mass is 35.5. The van der Waals surface area contributed by atoms with Gasteiger partial charge in [-0.3, -0.25) is 0 Å². The van der Waals surface area contributed by atoms with E-state index >= 15 is 0 Å². The quantitative estimate of drug-likeness (QED) is 0.863. The fourth-order valence-electron chi connectivity index (χ4n) is 1.62. The Morgan fingerprint density at radius 1 is 1.38 bits per heavy atom. The third-order valence-electron chi connectivity index (χ3n) is 3.60. The molecule has 4 nitrogen and oxygen atoms in total. The van der Waals surface area contributed by atoms with Gasteiger partial charge in [0.15, 0.2) is 0 Å². The first-order valence-corrected chi connectivity index (χ1v) is 8.37. The van der Waals surface area contributed by atoms with E-state index in [9.17, 15) is 8.42 Å². The van der Waals surface area contributed by atoms with Crippen molar-refractivity contribution in [3.63, 3.8) is 0 Å². The van der Waals surface area contributed by atoms with Gasteiger partial charge in [0.05, 0.1) is 5.02 Å². The van der Waals surface area contributed by atoms with Crippen LogP contribution in [0.3, 0.4) is 0 Å². The van der Waals surface area contributed by atoms with Crippen LogP contribution >= 0.6 is 11.6 Å². The smallest absolute Gasteiger partial charge is 0.244 e. The van der Waals surface area contributed by atoms with E-state index in [4.69, 9.17) is 16.7 Å². The third-order valence-corrected chi connectivity index (χ3v) is 6.15. The van der Waals surface area contributed by atoms with Crippen LogP contribution in [-0.4, -0.2) is 37.0 Å². The highest BCUT2D eigenvalue weighted by Crippen LogP contribution is 2.30. The normalized spacial score (nSPS) is 12.1. The second kappa shape index (κ2) is 6.80. The third kappa shape index (κ3) is 3.98. The highest BCUT2D eigenvalue weighted by Gasteiger charge is 2.33. The summed E-state index contributed by atoms with van der Waals surface area (Å²) in [4.78, 5) is 0.0581. The zero-order chi connectivity index (χ0) is 16.3. The Morgan fingerprint density at radius 3 is 2.48 bits per heavy atom. The first-order chi connectivity index (χ1) is 9.66. The Labute approximate surface area is 131 Å². The van der Waals surface area contributed by atoms with Gasteiger partial charge in [0.1, 0.15) is 11.5 Å². The summed E-state index contributed by atoms with van der Waals surface area (Å²) in [5.41, 5.74) is 0.0581. The number of aliphatic hydroxyl groups is 1. The molecule has 0 saturated carbocycles. The molecule has 0 bridgehead atoms. The van der Waals surface area contributed by atoms with Gasteiger partial charge in [-0.15, -0.1) is 0 Å². The molecule has 21 heavy (non-hydrogen) atoms.